The minimum absolute atomic E-state index is 0.390. The van der Waals surface area contributed by atoms with Gasteiger partial charge in [0.05, 0.1) is 10.0 Å². The standard InChI is InChI=1S/C13H17Cl2N/c14-12-5-4-10(8-13(12)15)6-9-2-1-3-11(16)7-9/h4-5,8-9,11H,1-3,6-7,16H2. The van der Waals surface area contributed by atoms with Crippen LogP contribution in [0.1, 0.15) is 31.2 Å². The zero-order valence-corrected chi connectivity index (χ0v) is 10.8. The second-order valence-electron chi connectivity index (χ2n) is 4.75. The Morgan fingerprint density at radius 3 is 2.69 bits per heavy atom. The first kappa shape index (κ1) is 12.2. The Morgan fingerprint density at radius 2 is 2.00 bits per heavy atom. The van der Waals surface area contributed by atoms with Crippen LogP contribution in [-0.4, -0.2) is 6.04 Å². The highest BCUT2D eigenvalue weighted by Crippen LogP contribution is 2.29. The molecular formula is C13H17Cl2N. The zero-order chi connectivity index (χ0) is 11.5. The molecule has 2 unspecified atom stereocenters. The topological polar surface area (TPSA) is 26.0 Å². The van der Waals surface area contributed by atoms with Gasteiger partial charge in [0.1, 0.15) is 0 Å². The highest BCUT2D eigenvalue weighted by Gasteiger charge is 2.19. The molecule has 2 N–H and O–H groups in total. The van der Waals surface area contributed by atoms with Crippen molar-refractivity contribution in [3.8, 4) is 0 Å². The molecule has 1 aromatic rings. The van der Waals surface area contributed by atoms with Crippen molar-refractivity contribution < 1.29 is 0 Å². The van der Waals surface area contributed by atoms with Gasteiger partial charge in [-0.05, 0) is 42.9 Å². The van der Waals surface area contributed by atoms with Crippen LogP contribution in [0.3, 0.4) is 0 Å². The molecular weight excluding hydrogens is 241 g/mol. The molecule has 0 bridgehead atoms. The van der Waals surface area contributed by atoms with Crippen LogP contribution < -0.4 is 5.73 Å². The summed E-state index contributed by atoms with van der Waals surface area (Å²) in [7, 11) is 0. The minimum atomic E-state index is 0.390. The molecule has 1 aliphatic rings. The van der Waals surface area contributed by atoms with Crippen molar-refractivity contribution in [3.63, 3.8) is 0 Å². The normalized spacial score (nSPS) is 25.7. The summed E-state index contributed by atoms with van der Waals surface area (Å²) in [5.74, 6) is 0.709. The van der Waals surface area contributed by atoms with Crippen LogP contribution in [0.15, 0.2) is 18.2 Å². The van der Waals surface area contributed by atoms with E-state index in [2.05, 4.69) is 6.07 Å². The molecule has 1 fully saturated rings. The van der Waals surface area contributed by atoms with Crippen LogP contribution >= 0.6 is 23.2 Å². The number of hydrogen-bond donors (Lipinski definition) is 1. The fraction of sp³-hybridized carbons (Fsp3) is 0.538. The molecule has 1 aromatic carbocycles. The first-order chi connectivity index (χ1) is 7.65. The van der Waals surface area contributed by atoms with E-state index in [9.17, 15) is 0 Å². The van der Waals surface area contributed by atoms with Crippen molar-refractivity contribution >= 4 is 23.2 Å². The van der Waals surface area contributed by atoms with Crippen molar-refractivity contribution in [1.29, 1.82) is 0 Å². The highest BCUT2D eigenvalue weighted by molar-refractivity contribution is 6.42. The van der Waals surface area contributed by atoms with Crippen molar-refractivity contribution in [2.24, 2.45) is 11.7 Å². The maximum atomic E-state index is 6.00. The zero-order valence-electron chi connectivity index (χ0n) is 9.26. The third-order valence-corrected chi connectivity index (χ3v) is 4.07. The molecule has 0 heterocycles. The Kier molecular flexibility index (Phi) is 4.12. The summed E-state index contributed by atoms with van der Waals surface area (Å²) < 4.78 is 0. The second-order valence-corrected chi connectivity index (χ2v) is 5.56. The van der Waals surface area contributed by atoms with Gasteiger partial charge in [-0.3, -0.25) is 0 Å². The van der Waals surface area contributed by atoms with E-state index in [4.69, 9.17) is 28.9 Å². The maximum Gasteiger partial charge on any atom is 0.0595 e. The van der Waals surface area contributed by atoms with Crippen LogP contribution in [0.5, 0.6) is 0 Å². The van der Waals surface area contributed by atoms with Crippen molar-refractivity contribution in [1.82, 2.24) is 0 Å². The predicted molar refractivity (Wildman–Crippen MR) is 70.1 cm³/mol. The third kappa shape index (κ3) is 3.13. The summed E-state index contributed by atoms with van der Waals surface area (Å²) in [6.07, 6.45) is 5.93. The summed E-state index contributed by atoms with van der Waals surface area (Å²) in [4.78, 5) is 0. The lowest BCUT2D eigenvalue weighted by Gasteiger charge is -2.26. The van der Waals surface area contributed by atoms with Crippen LogP contribution in [0, 0.1) is 5.92 Å². The van der Waals surface area contributed by atoms with E-state index in [1.165, 1.54) is 24.8 Å². The molecule has 0 aliphatic heterocycles. The van der Waals surface area contributed by atoms with Gasteiger partial charge in [-0.2, -0.15) is 0 Å². The molecule has 16 heavy (non-hydrogen) atoms. The van der Waals surface area contributed by atoms with Gasteiger partial charge in [-0.25, -0.2) is 0 Å². The molecule has 0 radical (unpaired) electrons. The first-order valence-corrected chi connectivity index (χ1v) is 6.60. The van der Waals surface area contributed by atoms with Crippen LogP contribution in [-0.2, 0) is 6.42 Å². The largest absolute Gasteiger partial charge is 0.328 e. The van der Waals surface area contributed by atoms with Crippen molar-refractivity contribution in [2.75, 3.05) is 0 Å². The third-order valence-electron chi connectivity index (χ3n) is 3.33. The number of benzene rings is 1. The summed E-state index contributed by atoms with van der Waals surface area (Å²) in [5, 5.41) is 1.28. The monoisotopic (exact) mass is 257 g/mol. The second kappa shape index (κ2) is 5.39. The number of hydrogen-bond acceptors (Lipinski definition) is 1. The number of rotatable bonds is 2. The highest BCUT2D eigenvalue weighted by atomic mass is 35.5. The van der Waals surface area contributed by atoms with Gasteiger partial charge in [0.2, 0.25) is 0 Å². The van der Waals surface area contributed by atoms with Crippen LogP contribution in [0.4, 0.5) is 0 Å². The molecule has 2 rings (SSSR count). The number of nitrogens with two attached hydrogens (primary N) is 1. The Balaban J connectivity index is 2.00. The van der Waals surface area contributed by atoms with Crippen molar-refractivity contribution in [2.45, 2.75) is 38.1 Å². The van der Waals surface area contributed by atoms with E-state index in [0.29, 0.717) is 22.0 Å². The van der Waals surface area contributed by atoms with Gasteiger partial charge in [-0.15, -0.1) is 0 Å². The van der Waals surface area contributed by atoms with Crippen molar-refractivity contribution in [3.05, 3.63) is 33.8 Å². The lowest BCUT2D eigenvalue weighted by atomic mass is 9.82. The van der Waals surface area contributed by atoms with E-state index < -0.39 is 0 Å². The predicted octanol–water partition coefficient (Wildman–Crippen LogP) is 4.05. The number of halogens is 2. The molecule has 2 atom stereocenters. The van der Waals surface area contributed by atoms with Crippen LogP contribution in [0.2, 0.25) is 10.0 Å². The summed E-state index contributed by atoms with van der Waals surface area (Å²) in [6.45, 7) is 0. The fourth-order valence-electron chi connectivity index (χ4n) is 2.52. The molecule has 3 heteroatoms. The molecule has 0 amide bonds. The lowest BCUT2D eigenvalue weighted by molar-refractivity contribution is 0.321. The quantitative estimate of drug-likeness (QED) is 0.850. The Morgan fingerprint density at radius 1 is 1.19 bits per heavy atom. The molecule has 1 aliphatic carbocycles. The Bertz CT molecular complexity index is 365. The molecule has 88 valence electrons. The average Bonchev–Trinajstić information content (AvgIpc) is 2.24. The van der Waals surface area contributed by atoms with Crippen LogP contribution in [0.25, 0.3) is 0 Å². The molecule has 0 saturated heterocycles. The smallest absolute Gasteiger partial charge is 0.0595 e. The van der Waals surface area contributed by atoms with E-state index in [-0.39, 0.29) is 0 Å². The first-order valence-electron chi connectivity index (χ1n) is 5.84. The van der Waals surface area contributed by atoms with Gasteiger partial charge < -0.3 is 5.73 Å². The average molecular weight is 258 g/mol. The molecule has 0 spiro atoms. The lowest BCUT2D eigenvalue weighted by Crippen LogP contribution is -2.28. The van der Waals surface area contributed by atoms with Gasteiger partial charge in [0.15, 0.2) is 0 Å². The summed E-state index contributed by atoms with van der Waals surface area (Å²) >= 11 is 11.9. The van der Waals surface area contributed by atoms with Gasteiger partial charge in [0, 0.05) is 6.04 Å². The maximum absolute atomic E-state index is 6.00. The SMILES string of the molecule is NC1CCCC(Cc2ccc(Cl)c(Cl)c2)C1. The minimum Gasteiger partial charge on any atom is -0.328 e. The Hall–Kier alpha value is -0.240. The summed E-state index contributed by atoms with van der Waals surface area (Å²) in [5.41, 5.74) is 7.26. The van der Waals surface area contributed by atoms with E-state index in [1.807, 2.05) is 12.1 Å². The molecule has 0 aromatic heterocycles. The van der Waals surface area contributed by atoms with E-state index >= 15 is 0 Å². The molecule has 1 nitrogen and oxygen atoms in total. The Labute approximate surface area is 107 Å². The van der Waals surface area contributed by atoms with E-state index in [1.54, 1.807) is 0 Å². The van der Waals surface area contributed by atoms with Gasteiger partial charge in [0.25, 0.3) is 0 Å². The van der Waals surface area contributed by atoms with E-state index in [0.717, 1.165) is 12.8 Å². The van der Waals surface area contributed by atoms with Gasteiger partial charge in [-0.1, -0.05) is 42.1 Å². The summed E-state index contributed by atoms with van der Waals surface area (Å²) in [6, 6.07) is 6.31. The fourth-order valence-corrected chi connectivity index (χ4v) is 2.84. The van der Waals surface area contributed by atoms with Gasteiger partial charge >= 0.3 is 0 Å². The molecule has 1 saturated carbocycles.